The Morgan fingerprint density at radius 3 is 2.36 bits per heavy atom. The summed E-state index contributed by atoms with van der Waals surface area (Å²) < 4.78 is 1.08. The van der Waals surface area contributed by atoms with Gasteiger partial charge in [-0.3, -0.25) is 9.69 Å². The fraction of sp³-hybridized carbons (Fsp3) is 0.650. The van der Waals surface area contributed by atoms with Crippen molar-refractivity contribution in [2.75, 3.05) is 12.4 Å². The van der Waals surface area contributed by atoms with Gasteiger partial charge < -0.3 is 5.32 Å². The van der Waals surface area contributed by atoms with E-state index in [1.165, 1.54) is 43.2 Å². The van der Waals surface area contributed by atoms with Gasteiger partial charge in [-0.2, -0.15) is 0 Å². The maximum atomic E-state index is 11.8. The molecule has 0 spiro atoms. The van der Waals surface area contributed by atoms with Crippen LogP contribution in [-0.2, 0) is 16.8 Å². The number of halogens is 2. The topological polar surface area (TPSA) is 32.3 Å². The highest BCUT2D eigenvalue weighted by molar-refractivity contribution is 9.10. The molecule has 0 bridgehead atoms. The molecule has 1 fully saturated rings. The van der Waals surface area contributed by atoms with Crippen molar-refractivity contribution in [3.8, 4) is 0 Å². The molecule has 0 aliphatic heterocycles. The lowest BCUT2D eigenvalue weighted by Gasteiger charge is -2.33. The Bertz CT molecular complexity index is 592. The van der Waals surface area contributed by atoms with Crippen LogP contribution < -0.4 is 5.32 Å². The molecule has 0 atom stereocenters. The summed E-state index contributed by atoms with van der Waals surface area (Å²) in [5, 5.41) is 3.10. The third-order valence-electron chi connectivity index (χ3n) is 4.91. The van der Waals surface area contributed by atoms with Gasteiger partial charge in [0.25, 0.3) is 0 Å². The Kier molecular flexibility index (Phi) is 8.43. The molecule has 1 aliphatic rings. The molecule has 0 aromatic heterocycles. The Balaban J connectivity index is 0.00000312. The Hall–Kier alpha value is -0.580. The maximum Gasteiger partial charge on any atom is 0.221 e. The molecule has 1 N–H and O–H groups in total. The Morgan fingerprint density at radius 1 is 1.24 bits per heavy atom. The standard InChI is InChI=1S/C20H31BrN2O.ClH/c1-14(24)22-19-15(11-16(21)12-18(19)20(2,3)4)13-23(5)17-9-7-6-8-10-17;/h11-12,17H,6-10,13H2,1-5H3,(H,22,24);1H. The van der Waals surface area contributed by atoms with Crippen LogP contribution in [0.15, 0.2) is 16.6 Å². The molecule has 5 heteroatoms. The largest absolute Gasteiger partial charge is 0.326 e. The Morgan fingerprint density at radius 2 is 1.84 bits per heavy atom. The summed E-state index contributed by atoms with van der Waals surface area (Å²) in [6.45, 7) is 9.02. The predicted octanol–water partition coefficient (Wildman–Crippen LogP) is 5.89. The lowest BCUT2D eigenvalue weighted by Crippen LogP contribution is -2.33. The van der Waals surface area contributed by atoms with Crippen molar-refractivity contribution in [3.63, 3.8) is 0 Å². The van der Waals surface area contributed by atoms with E-state index in [-0.39, 0.29) is 23.7 Å². The summed E-state index contributed by atoms with van der Waals surface area (Å²) in [6, 6.07) is 4.94. The van der Waals surface area contributed by atoms with Crippen molar-refractivity contribution < 1.29 is 4.79 Å². The smallest absolute Gasteiger partial charge is 0.221 e. The quantitative estimate of drug-likeness (QED) is 0.644. The molecule has 3 nitrogen and oxygen atoms in total. The van der Waals surface area contributed by atoms with Crippen LogP contribution in [0.3, 0.4) is 0 Å². The minimum Gasteiger partial charge on any atom is -0.326 e. The molecule has 0 radical (unpaired) electrons. The summed E-state index contributed by atoms with van der Waals surface area (Å²) in [5.41, 5.74) is 3.33. The molecule has 1 aromatic rings. The van der Waals surface area contributed by atoms with E-state index in [0.717, 1.165) is 16.7 Å². The summed E-state index contributed by atoms with van der Waals surface area (Å²) in [5.74, 6) is -0.00982. The molecule has 0 saturated heterocycles. The van der Waals surface area contributed by atoms with Gasteiger partial charge >= 0.3 is 0 Å². The normalized spacial score (nSPS) is 15.8. The van der Waals surface area contributed by atoms with Gasteiger partial charge in [0.15, 0.2) is 0 Å². The number of benzene rings is 1. The minimum atomic E-state index is -0.0281. The fourth-order valence-electron chi connectivity index (χ4n) is 3.62. The van der Waals surface area contributed by atoms with E-state index in [4.69, 9.17) is 0 Å². The van der Waals surface area contributed by atoms with Crippen molar-refractivity contribution in [3.05, 3.63) is 27.7 Å². The zero-order valence-corrected chi connectivity index (χ0v) is 18.5. The van der Waals surface area contributed by atoms with Gasteiger partial charge in [0.1, 0.15) is 0 Å². The van der Waals surface area contributed by atoms with Crippen LogP contribution in [0, 0.1) is 0 Å². The number of nitrogens with zero attached hydrogens (tertiary/aromatic N) is 1. The maximum absolute atomic E-state index is 11.8. The van der Waals surface area contributed by atoms with E-state index in [1.807, 2.05) is 0 Å². The van der Waals surface area contributed by atoms with E-state index in [9.17, 15) is 4.79 Å². The molecule has 2 rings (SSSR count). The lowest BCUT2D eigenvalue weighted by molar-refractivity contribution is -0.114. The summed E-state index contributed by atoms with van der Waals surface area (Å²) in [7, 11) is 2.21. The molecule has 0 heterocycles. The molecular formula is C20H32BrClN2O. The van der Waals surface area contributed by atoms with Gasteiger partial charge in [0, 0.05) is 29.7 Å². The van der Waals surface area contributed by atoms with Gasteiger partial charge in [0.2, 0.25) is 5.91 Å². The molecule has 25 heavy (non-hydrogen) atoms. The van der Waals surface area contributed by atoms with E-state index >= 15 is 0 Å². The molecular weight excluding hydrogens is 400 g/mol. The van der Waals surface area contributed by atoms with Crippen molar-refractivity contribution >= 4 is 39.9 Å². The van der Waals surface area contributed by atoms with Gasteiger partial charge in [-0.05, 0) is 48.6 Å². The lowest BCUT2D eigenvalue weighted by atomic mass is 9.84. The highest BCUT2D eigenvalue weighted by Crippen LogP contribution is 2.36. The van der Waals surface area contributed by atoms with Crippen molar-refractivity contribution in [2.45, 2.75) is 77.8 Å². The van der Waals surface area contributed by atoms with Crippen LogP contribution in [0.4, 0.5) is 5.69 Å². The molecule has 1 aromatic carbocycles. The van der Waals surface area contributed by atoms with Crippen LogP contribution in [0.2, 0.25) is 0 Å². The van der Waals surface area contributed by atoms with E-state index in [2.05, 4.69) is 66.1 Å². The van der Waals surface area contributed by atoms with Gasteiger partial charge in [-0.25, -0.2) is 0 Å². The summed E-state index contributed by atoms with van der Waals surface area (Å²) in [6.07, 6.45) is 6.60. The monoisotopic (exact) mass is 430 g/mol. The van der Waals surface area contributed by atoms with Crippen molar-refractivity contribution in [2.24, 2.45) is 0 Å². The Labute approximate surface area is 167 Å². The zero-order chi connectivity index (χ0) is 17.9. The SMILES string of the molecule is CC(=O)Nc1c(CN(C)C2CCCCC2)cc(Br)cc1C(C)(C)C.Cl. The molecule has 1 aliphatic carbocycles. The first-order valence-corrected chi connectivity index (χ1v) is 9.78. The summed E-state index contributed by atoms with van der Waals surface area (Å²) >= 11 is 3.66. The van der Waals surface area contributed by atoms with Crippen LogP contribution in [0.1, 0.15) is 70.9 Å². The first-order valence-electron chi connectivity index (χ1n) is 8.99. The second-order valence-corrected chi connectivity index (χ2v) is 9.04. The highest BCUT2D eigenvalue weighted by atomic mass is 79.9. The number of anilines is 1. The van der Waals surface area contributed by atoms with Crippen molar-refractivity contribution in [1.29, 1.82) is 0 Å². The van der Waals surface area contributed by atoms with Crippen LogP contribution in [-0.4, -0.2) is 23.9 Å². The predicted molar refractivity (Wildman–Crippen MR) is 113 cm³/mol. The number of carbonyl (C=O) groups is 1. The second kappa shape index (κ2) is 9.38. The molecule has 1 amide bonds. The summed E-state index contributed by atoms with van der Waals surface area (Å²) in [4.78, 5) is 14.2. The molecule has 1 saturated carbocycles. The van der Waals surface area contributed by atoms with Gasteiger partial charge in [0.05, 0.1) is 0 Å². The van der Waals surface area contributed by atoms with E-state index in [0.29, 0.717) is 6.04 Å². The van der Waals surface area contributed by atoms with Gasteiger partial charge in [-0.15, -0.1) is 12.4 Å². The van der Waals surface area contributed by atoms with Crippen LogP contribution in [0.5, 0.6) is 0 Å². The van der Waals surface area contributed by atoms with Crippen LogP contribution in [0.25, 0.3) is 0 Å². The van der Waals surface area contributed by atoms with E-state index < -0.39 is 0 Å². The first-order chi connectivity index (χ1) is 11.2. The minimum absolute atomic E-state index is 0. The average molecular weight is 432 g/mol. The average Bonchev–Trinajstić information content (AvgIpc) is 2.49. The molecule has 0 unspecified atom stereocenters. The van der Waals surface area contributed by atoms with E-state index in [1.54, 1.807) is 6.92 Å². The number of carbonyl (C=O) groups excluding carboxylic acids is 1. The van der Waals surface area contributed by atoms with Crippen LogP contribution >= 0.6 is 28.3 Å². The number of amides is 1. The number of rotatable bonds is 4. The van der Waals surface area contributed by atoms with Gasteiger partial charge in [-0.1, -0.05) is 56.0 Å². The third kappa shape index (κ3) is 6.26. The highest BCUT2D eigenvalue weighted by Gasteiger charge is 2.24. The fourth-order valence-corrected chi connectivity index (χ4v) is 4.13. The zero-order valence-electron chi connectivity index (χ0n) is 16.1. The first kappa shape index (κ1) is 22.5. The number of hydrogen-bond donors (Lipinski definition) is 1. The molecule has 142 valence electrons. The number of hydrogen-bond acceptors (Lipinski definition) is 2. The van der Waals surface area contributed by atoms with Crippen molar-refractivity contribution in [1.82, 2.24) is 4.90 Å². The number of nitrogens with one attached hydrogen (secondary N) is 1. The second-order valence-electron chi connectivity index (χ2n) is 8.13. The third-order valence-corrected chi connectivity index (χ3v) is 5.37.